The number of amides is 1. The zero-order valence-corrected chi connectivity index (χ0v) is 16.7. The molecule has 3 aliphatic rings. The van der Waals surface area contributed by atoms with Gasteiger partial charge in [0.15, 0.2) is 11.5 Å². The molecule has 0 spiro atoms. The number of hydrogen-bond donors (Lipinski definition) is 0. The minimum Gasteiger partial charge on any atom is -0.485 e. The van der Waals surface area contributed by atoms with Crippen molar-refractivity contribution in [1.29, 1.82) is 0 Å². The van der Waals surface area contributed by atoms with Crippen LogP contribution in [0, 0.1) is 6.92 Å². The Balaban J connectivity index is 1.23. The fourth-order valence-corrected chi connectivity index (χ4v) is 4.32. The van der Waals surface area contributed by atoms with E-state index in [-0.39, 0.29) is 12.5 Å². The van der Waals surface area contributed by atoms with E-state index >= 15 is 0 Å². The third-order valence-electron chi connectivity index (χ3n) is 5.95. The van der Waals surface area contributed by atoms with Gasteiger partial charge in [-0.3, -0.25) is 4.79 Å². The van der Waals surface area contributed by atoms with Gasteiger partial charge in [0.2, 0.25) is 6.10 Å². The molecule has 0 bridgehead atoms. The van der Waals surface area contributed by atoms with E-state index < -0.39 is 6.10 Å². The number of aryl methyl sites for hydroxylation is 1. The molecule has 1 amide bonds. The summed E-state index contributed by atoms with van der Waals surface area (Å²) in [6.45, 7) is 3.74. The normalized spacial score (nSPS) is 21.7. The summed E-state index contributed by atoms with van der Waals surface area (Å²) in [6, 6.07) is 10.6. The van der Waals surface area contributed by atoms with Gasteiger partial charge in [0.05, 0.1) is 0 Å². The van der Waals surface area contributed by atoms with Crippen molar-refractivity contribution in [3.63, 3.8) is 0 Å². The zero-order chi connectivity index (χ0) is 19.8. The van der Waals surface area contributed by atoms with Crippen LogP contribution in [0.2, 0.25) is 0 Å². The number of hydrogen-bond acceptors (Lipinski definition) is 6. The van der Waals surface area contributed by atoms with Crippen molar-refractivity contribution in [3.8, 4) is 11.5 Å². The highest BCUT2D eigenvalue weighted by molar-refractivity contribution is 5.82. The number of carbonyl (C=O) groups excluding carboxylic acids is 1. The van der Waals surface area contributed by atoms with Crippen molar-refractivity contribution in [2.24, 2.45) is 0 Å². The van der Waals surface area contributed by atoms with E-state index in [9.17, 15) is 4.79 Å². The molecule has 5 rings (SSSR count). The molecule has 1 unspecified atom stereocenters. The SMILES string of the molecule is Cc1cc(N(C2CC2)C2CCN(C(=O)C3COc4ccccc4O3)CC2)ncn1. The summed E-state index contributed by atoms with van der Waals surface area (Å²) < 4.78 is 11.6. The van der Waals surface area contributed by atoms with Crippen LogP contribution in [0.25, 0.3) is 0 Å². The molecule has 1 aromatic carbocycles. The number of rotatable bonds is 4. The number of carbonyl (C=O) groups is 1. The first kappa shape index (κ1) is 18.2. The number of anilines is 1. The molecule has 1 aliphatic carbocycles. The quantitative estimate of drug-likeness (QED) is 0.794. The standard InChI is InChI=1S/C22H26N4O3/c1-15-12-21(24-14-23-15)26(16-6-7-16)17-8-10-25(11-9-17)22(27)20-13-28-18-4-2-3-5-19(18)29-20/h2-5,12,14,16-17,20H,6-11,13H2,1H3. The molecule has 3 heterocycles. The lowest BCUT2D eigenvalue weighted by Crippen LogP contribution is -2.52. The largest absolute Gasteiger partial charge is 0.485 e. The first-order valence-electron chi connectivity index (χ1n) is 10.4. The van der Waals surface area contributed by atoms with Gasteiger partial charge in [-0.2, -0.15) is 0 Å². The van der Waals surface area contributed by atoms with Gasteiger partial charge in [-0.05, 0) is 44.7 Å². The highest BCUT2D eigenvalue weighted by Crippen LogP contribution is 2.36. The number of para-hydroxylation sites is 2. The van der Waals surface area contributed by atoms with E-state index in [1.54, 1.807) is 6.33 Å². The Labute approximate surface area is 170 Å². The molecule has 0 radical (unpaired) electrons. The second kappa shape index (κ2) is 7.54. The van der Waals surface area contributed by atoms with Crippen molar-refractivity contribution in [2.45, 2.75) is 50.8 Å². The predicted molar refractivity (Wildman–Crippen MR) is 108 cm³/mol. The molecule has 1 saturated carbocycles. The summed E-state index contributed by atoms with van der Waals surface area (Å²) in [5.41, 5.74) is 0.989. The van der Waals surface area contributed by atoms with Crippen molar-refractivity contribution < 1.29 is 14.3 Å². The van der Waals surface area contributed by atoms with Crippen LogP contribution in [0.4, 0.5) is 5.82 Å². The summed E-state index contributed by atoms with van der Waals surface area (Å²) in [7, 11) is 0. The minimum absolute atomic E-state index is 0.0220. The average Bonchev–Trinajstić information content (AvgIpc) is 3.59. The number of likely N-dealkylation sites (tertiary alicyclic amines) is 1. The van der Waals surface area contributed by atoms with Crippen molar-refractivity contribution in [3.05, 3.63) is 42.4 Å². The van der Waals surface area contributed by atoms with Crippen molar-refractivity contribution >= 4 is 11.7 Å². The molecule has 2 aromatic rings. The van der Waals surface area contributed by atoms with E-state index in [4.69, 9.17) is 9.47 Å². The van der Waals surface area contributed by atoms with Gasteiger partial charge in [0.25, 0.3) is 5.91 Å². The minimum atomic E-state index is -0.564. The van der Waals surface area contributed by atoms with Crippen LogP contribution >= 0.6 is 0 Å². The Morgan fingerprint density at radius 3 is 2.52 bits per heavy atom. The summed E-state index contributed by atoms with van der Waals surface area (Å²) >= 11 is 0. The first-order valence-corrected chi connectivity index (χ1v) is 10.4. The van der Waals surface area contributed by atoms with Crippen LogP contribution in [-0.2, 0) is 4.79 Å². The highest BCUT2D eigenvalue weighted by atomic mass is 16.6. The molecule has 1 saturated heterocycles. The lowest BCUT2D eigenvalue weighted by molar-refractivity contribution is -0.142. The Morgan fingerprint density at radius 2 is 1.79 bits per heavy atom. The maximum absolute atomic E-state index is 13.0. The average molecular weight is 394 g/mol. The van der Waals surface area contributed by atoms with E-state index in [2.05, 4.69) is 20.9 Å². The molecule has 29 heavy (non-hydrogen) atoms. The molecule has 7 nitrogen and oxygen atoms in total. The molecular weight excluding hydrogens is 368 g/mol. The molecular formula is C22H26N4O3. The predicted octanol–water partition coefficient (Wildman–Crippen LogP) is 2.58. The van der Waals surface area contributed by atoms with Gasteiger partial charge < -0.3 is 19.3 Å². The number of nitrogens with zero attached hydrogens (tertiary/aromatic N) is 4. The van der Waals surface area contributed by atoms with Crippen LogP contribution in [0.5, 0.6) is 11.5 Å². The maximum Gasteiger partial charge on any atom is 0.267 e. The highest BCUT2D eigenvalue weighted by Gasteiger charge is 2.39. The molecule has 1 aromatic heterocycles. The summed E-state index contributed by atoms with van der Waals surface area (Å²) in [5.74, 6) is 2.39. The van der Waals surface area contributed by atoms with Gasteiger partial charge in [0, 0.05) is 36.9 Å². The van der Waals surface area contributed by atoms with Gasteiger partial charge in [-0.15, -0.1) is 0 Å². The second-order valence-electron chi connectivity index (χ2n) is 8.08. The van der Waals surface area contributed by atoms with E-state index in [0.717, 1.165) is 37.4 Å². The fourth-order valence-electron chi connectivity index (χ4n) is 4.32. The summed E-state index contributed by atoms with van der Waals surface area (Å²) in [6.07, 6.45) is 5.40. The zero-order valence-electron chi connectivity index (χ0n) is 16.7. The number of piperidine rings is 1. The molecule has 152 valence electrons. The smallest absolute Gasteiger partial charge is 0.267 e. The second-order valence-corrected chi connectivity index (χ2v) is 8.08. The molecule has 1 atom stereocenters. The lowest BCUT2D eigenvalue weighted by atomic mass is 10.0. The monoisotopic (exact) mass is 394 g/mol. The van der Waals surface area contributed by atoms with Crippen molar-refractivity contribution in [1.82, 2.24) is 14.9 Å². The van der Waals surface area contributed by atoms with Gasteiger partial charge in [-0.25, -0.2) is 9.97 Å². The Hall–Kier alpha value is -2.83. The summed E-state index contributed by atoms with van der Waals surface area (Å²) in [5, 5.41) is 0. The third kappa shape index (κ3) is 3.73. The Kier molecular flexibility index (Phi) is 4.73. The topological polar surface area (TPSA) is 67.8 Å². The van der Waals surface area contributed by atoms with Gasteiger partial charge in [-0.1, -0.05) is 12.1 Å². The number of ether oxygens (including phenoxy) is 2. The molecule has 2 aliphatic heterocycles. The van der Waals surface area contributed by atoms with Crippen molar-refractivity contribution in [2.75, 3.05) is 24.6 Å². The van der Waals surface area contributed by atoms with E-state index in [1.165, 1.54) is 12.8 Å². The molecule has 0 N–H and O–H groups in total. The molecule has 2 fully saturated rings. The summed E-state index contributed by atoms with van der Waals surface area (Å²) in [4.78, 5) is 26.1. The third-order valence-corrected chi connectivity index (χ3v) is 5.95. The van der Waals surface area contributed by atoms with E-state index in [0.29, 0.717) is 23.6 Å². The number of aromatic nitrogens is 2. The van der Waals surface area contributed by atoms with Gasteiger partial charge >= 0.3 is 0 Å². The Morgan fingerprint density at radius 1 is 1.07 bits per heavy atom. The van der Waals surface area contributed by atoms with Crippen LogP contribution in [0.15, 0.2) is 36.7 Å². The van der Waals surface area contributed by atoms with E-state index in [1.807, 2.05) is 36.1 Å². The first-order chi connectivity index (χ1) is 14.2. The fraction of sp³-hybridized carbons (Fsp3) is 0.500. The van der Waals surface area contributed by atoms with Crippen LogP contribution in [0.3, 0.4) is 0 Å². The molecule has 7 heteroatoms. The Bertz CT molecular complexity index is 893. The van der Waals surface area contributed by atoms with Crippen LogP contribution in [0.1, 0.15) is 31.4 Å². The van der Waals surface area contributed by atoms with Crippen LogP contribution < -0.4 is 14.4 Å². The van der Waals surface area contributed by atoms with Gasteiger partial charge in [0.1, 0.15) is 18.8 Å². The maximum atomic E-state index is 13.0. The lowest BCUT2D eigenvalue weighted by Gasteiger charge is -2.40. The van der Waals surface area contributed by atoms with Crippen LogP contribution in [-0.4, -0.2) is 58.7 Å². The number of fused-ring (bicyclic) bond motifs is 1. The number of benzene rings is 1.